The van der Waals surface area contributed by atoms with E-state index in [0.717, 1.165) is 11.1 Å². The number of hydrogen-bond acceptors (Lipinski definition) is 4. The summed E-state index contributed by atoms with van der Waals surface area (Å²) in [6.07, 6.45) is 2.80. The lowest BCUT2D eigenvalue weighted by atomic mass is 10.1. The van der Waals surface area contributed by atoms with Gasteiger partial charge in [-0.1, -0.05) is 24.3 Å². The number of phenolic OH excluding ortho intramolecular Hbond substituents is 2. The summed E-state index contributed by atoms with van der Waals surface area (Å²) >= 11 is 0. The molecular weight excluding hydrogens is 294 g/mol. The smallest absolute Gasteiger partial charge is 0.244 e. The van der Waals surface area contributed by atoms with E-state index in [9.17, 15) is 15.0 Å². The standard InChI is InChI=1S/C18H19NO4/c1-23-17(14-5-9-16(21)10-6-14)12-19-18(22)11-4-13-2-7-15(20)8-3-13/h2-11,17,20-21H,12H2,1H3,(H,19,22)/b11-4+/t17-/m0/s1. The predicted molar refractivity (Wildman–Crippen MR) is 88.0 cm³/mol. The first-order chi connectivity index (χ1) is 11.1. The first-order valence-corrected chi connectivity index (χ1v) is 7.15. The summed E-state index contributed by atoms with van der Waals surface area (Å²) in [6, 6.07) is 13.2. The van der Waals surface area contributed by atoms with Crippen LogP contribution in [0.5, 0.6) is 11.5 Å². The molecule has 0 fully saturated rings. The molecule has 0 bridgehead atoms. The Hall–Kier alpha value is -2.79. The van der Waals surface area contributed by atoms with E-state index < -0.39 is 0 Å². The van der Waals surface area contributed by atoms with Crippen LogP contribution in [0.1, 0.15) is 17.2 Å². The molecule has 0 radical (unpaired) electrons. The van der Waals surface area contributed by atoms with Crippen LogP contribution in [0.25, 0.3) is 6.08 Å². The molecule has 0 unspecified atom stereocenters. The quantitative estimate of drug-likeness (QED) is 0.716. The Labute approximate surface area is 134 Å². The fourth-order valence-corrected chi connectivity index (χ4v) is 2.04. The first-order valence-electron chi connectivity index (χ1n) is 7.15. The van der Waals surface area contributed by atoms with E-state index >= 15 is 0 Å². The van der Waals surface area contributed by atoms with Gasteiger partial charge in [-0.25, -0.2) is 0 Å². The van der Waals surface area contributed by atoms with E-state index in [2.05, 4.69) is 5.32 Å². The van der Waals surface area contributed by atoms with Gasteiger partial charge in [0.15, 0.2) is 0 Å². The molecule has 0 saturated heterocycles. The largest absolute Gasteiger partial charge is 0.508 e. The molecule has 3 N–H and O–H groups in total. The van der Waals surface area contributed by atoms with E-state index in [0.29, 0.717) is 6.54 Å². The molecule has 5 heteroatoms. The Bertz CT molecular complexity index is 662. The monoisotopic (exact) mass is 313 g/mol. The fourth-order valence-electron chi connectivity index (χ4n) is 2.04. The maximum atomic E-state index is 11.8. The van der Waals surface area contributed by atoms with Crippen molar-refractivity contribution in [1.29, 1.82) is 0 Å². The molecule has 1 amide bonds. The Balaban J connectivity index is 1.89. The third kappa shape index (κ3) is 5.16. The van der Waals surface area contributed by atoms with Crippen LogP contribution in [0.15, 0.2) is 54.6 Å². The summed E-state index contributed by atoms with van der Waals surface area (Å²) in [6.45, 7) is 0.319. The molecule has 2 aromatic carbocycles. The van der Waals surface area contributed by atoms with E-state index in [1.807, 2.05) is 0 Å². The van der Waals surface area contributed by atoms with Gasteiger partial charge in [-0.2, -0.15) is 0 Å². The molecular formula is C18H19NO4. The van der Waals surface area contributed by atoms with Crippen molar-refractivity contribution >= 4 is 12.0 Å². The Kier molecular flexibility index (Phi) is 5.77. The second-order valence-corrected chi connectivity index (χ2v) is 4.99. The van der Waals surface area contributed by atoms with Crippen LogP contribution < -0.4 is 5.32 Å². The van der Waals surface area contributed by atoms with Crippen LogP contribution >= 0.6 is 0 Å². The molecule has 0 aliphatic heterocycles. The van der Waals surface area contributed by atoms with Gasteiger partial charge in [-0.15, -0.1) is 0 Å². The van der Waals surface area contributed by atoms with Crippen LogP contribution in [0.2, 0.25) is 0 Å². The SMILES string of the molecule is CO[C@@H](CNC(=O)/C=C/c1ccc(O)cc1)c1ccc(O)cc1. The molecule has 120 valence electrons. The highest BCUT2D eigenvalue weighted by atomic mass is 16.5. The summed E-state index contributed by atoms with van der Waals surface area (Å²) < 4.78 is 5.35. The summed E-state index contributed by atoms with van der Waals surface area (Å²) in [5.41, 5.74) is 1.69. The van der Waals surface area contributed by atoms with Gasteiger partial charge in [0, 0.05) is 19.7 Å². The van der Waals surface area contributed by atoms with Crippen LogP contribution in [-0.2, 0) is 9.53 Å². The zero-order chi connectivity index (χ0) is 16.7. The number of carbonyl (C=O) groups is 1. The number of rotatable bonds is 6. The number of methoxy groups -OCH3 is 1. The van der Waals surface area contributed by atoms with Crippen molar-refractivity contribution in [3.8, 4) is 11.5 Å². The van der Waals surface area contributed by atoms with Crippen LogP contribution in [0.4, 0.5) is 0 Å². The van der Waals surface area contributed by atoms with Crippen LogP contribution in [-0.4, -0.2) is 29.8 Å². The molecule has 1 atom stereocenters. The Morgan fingerprint density at radius 1 is 1.09 bits per heavy atom. The third-order valence-electron chi connectivity index (χ3n) is 3.33. The molecule has 2 aromatic rings. The lowest BCUT2D eigenvalue weighted by Crippen LogP contribution is -2.27. The third-order valence-corrected chi connectivity index (χ3v) is 3.33. The summed E-state index contributed by atoms with van der Waals surface area (Å²) in [5, 5.41) is 21.3. The van der Waals surface area contributed by atoms with Gasteiger partial charge < -0.3 is 20.3 Å². The Morgan fingerprint density at radius 3 is 2.22 bits per heavy atom. The number of carbonyl (C=O) groups excluding carboxylic acids is 1. The minimum absolute atomic E-state index is 0.184. The molecule has 0 saturated carbocycles. The van der Waals surface area contributed by atoms with Crippen LogP contribution in [0.3, 0.4) is 0 Å². The van der Waals surface area contributed by atoms with Gasteiger partial charge in [0.25, 0.3) is 0 Å². The van der Waals surface area contributed by atoms with Crippen molar-refractivity contribution in [2.45, 2.75) is 6.10 Å². The van der Waals surface area contributed by atoms with Crippen molar-refractivity contribution in [3.63, 3.8) is 0 Å². The minimum atomic E-state index is -0.290. The zero-order valence-electron chi connectivity index (χ0n) is 12.8. The lowest BCUT2D eigenvalue weighted by Gasteiger charge is -2.16. The van der Waals surface area contributed by atoms with Crippen molar-refractivity contribution < 1.29 is 19.7 Å². The highest BCUT2D eigenvalue weighted by molar-refractivity contribution is 5.91. The van der Waals surface area contributed by atoms with Gasteiger partial charge >= 0.3 is 0 Å². The van der Waals surface area contributed by atoms with Crippen molar-refractivity contribution in [1.82, 2.24) is 5.32 Å². The number of amides is 1. The highest BCUT2D eigenvalue weighted by Crippen LogP contribution is 2.18. The van der Waals surface area contributed by atoms with Gasteiger partial charge in [-0.05, 0) is 41.5 Å². The maximum absolute atomic E-state index is 11.8. The van der Waals surface area contributed by atoms with Crippen molar-refractivity contribution in [2.24, 2.45) is 0 Å². The molecule has 5 nitrogen and oxygen atoms in total. The van der Waals surface area contributed by atoms with Crippen molar-refractivity contribution in [2.75, 3.05) is 13.7 Å². The second-order valence-electron chi connectivity index (χ2n) is 4.99. The van der Waals surface area contributed by atoms with E-state index in [1.165, 1.54) is 6.08 Å². The van der Waals surface area contributed by atoms with E-state index in [1.54, 1.807) is 61.7 Å². The van der Waals surface area contributed by atoms with E-state index in [4.69, 9.17) is 4.74 Å². The zero-order valence-corrected chi connectivity index (χ0v) is 12.8. The summed E-state index contributed by atoms with van der Waals surface area (Å²) in [5.74, 6) is 0.131. The number of benzene rings is 2. The topological polar surface area (TPSA) is 78.8 Å². The van der Waals surface area contributed by atoms with Crippen molar-refractivity contribution in [3.05, 3.63) is 65.7 Å². The highest BCUT2D eigenvalue weighted by Gasteiger charge is 2.11. The average molecular weight is 313 g/mol. The van der Waals surface area contributed by atoms with Gasteiger partial charge in [0.1, 0.15) is 11.5 Å². The molecule has 23 heavy (non-hydrogen) atoms. The normalized spacial score (nSPS) is 12.2. The molecule has 2 rings (SSSR count). The second kappa shape index (κ2) is 8.00. The average Bonchev–Trinajstić information content (AvgIpc) is 2.56. The minimum Gasteiger partial charge on any atom is -0.508 e. The predicted octanol–water partition coefficient (Wildman–Crippen LogP) is 2.61. The summed E-state index contributed by atoms with van der Waals surface area (Å²) in [4.78, 5) is 11.8. The molecule has 0 aliphatic rings. The lowest BCUT2D eigenvalue weighted by molar-refractivity contribution is -0.117. The number of ether oxygens (including phenoxy) is 1. The number of aromatic hydroxyl groups is 2. The van der Waals surface area contributed by atoms with Gasteiger partial charge in [-0.3, -0.25) is 4.79 Å². The molecule has 0 spiro atoms. The van der Waals surface area contributed by atoms with Crippen LogP contribution in [0, 0.1) is 0 Å². The van der Waals surface area contributed by atoms with Gasteiger partial charge in [0.05, 0.1) is 6.10 Å². The number of hydrogen-bond donors (Lipinski definition) is 3. The first kappa shape index (κ1) is 16.6. The molecule has 0 aliphatic carbocycles. The Morgan fingerprint density at radius 2 is 1.65 bits per heavy atom. The molecule has 0 aromatic heterocycles. The number of nitrogens with one attached hydrogen (secondary N) is 1. The molecule has 0 heterocycles. The summed E-state index contributed by atoms with van der Waals surface area (Å²) in [7, 11) is 1.57. The van der Waals surface area contributed by atoms with Gasteiger partial charge in [0.2, 0.25) is 5.91 Å². The number of phenols is 2. The fraction of sp³-hybridized carbons (Fsp3) is 0.167. The van der Waals surface area contributed by atoms with E-state index in [-0.39, 0.29) is 23.5 Å². The maximum Gasteiger partial charge on any atom is 0.244 e.